The van der Waals surface area contributed by atoms with Gasteiger partial charge >= 0.3 is 0 Å². The van der Waals surface area contributed by atoms with Crippen LogP contribution in [0.3, 0.4) is 0 Å². The van der Waals surface area contributed by atoms with E-state index in [9.17, 15) is 8.42 Å². The molecule has 0 rings (SSSR count). The summed E-state index contributed by atoms with van der Waals surface area (Å²) in [5.74, 6) is 0. The first-order valence-electron chi connectivity index (χ1n) is 5.32. The fourth-order valence-electron chi connectivity index (χ4n) is 1.13. The highest BCUT2D eigenvalue weighted by Gasteiger charge is 2.27. The lowest BCUT2D eigenvalue weighted by atomic mass is 10.4. The molecule has 0 aromatic heterocycles. The molecule has 0 saturated carbocycles. The molecule has 1 atom stereocenters. The van der Waals surface area contributed by atoms with Gasteiger partial charge in [0.15, 0.2) is 5.25 Å². The van der Waals surface area contributed by atoms with E-state index in [2.05, 4.69) is 0 Å². The Hall–Kier alpha value is -0.640. The Morgan fingerprint density at radius 2 is 2.00 bits per heavy atom. The van der Waals surface area contributed by atoms with E-state index in [0.717, 1.165) is 0 Å². The highest BCUT2D eigenvalue weighted by atomic mass is 32.2. The van der Waals surface area contributed by atoms with Gasteiger partial charge in [-0.2, -0.15) is 5.26 Å². The Labute approximate surface area is 98.1 Å². The zero-order valence-corrected chi connectivity index (χ0v) is 11.1. The van der Waals surface area contributed by atoms with Crippen molar-refractivity contribution >= 4 is 10.0 Å². The summed E-state index contributed by atoms with van der Waals surface area (Å²) in [6, 6.07) is 1.80. The number of sulfonamides is 1. The van der Waals surface area contributed by atoms with E-state index in [-0.39, 0.29) is 12.6 Å². The molecular formula is C10H20N2O3S. The molecule has 0 heterocycles. The monoisotopic (exact) mass is 248 g/mol. The predicted octanol–water partition coefficient (Wildman–Crippen LogP) is 0.975. The molecule has 0 aliphatic carbocycles. The first-order chi connectivity index (χ1) is 7.36. The molecule has 1 unspecified atom stereocenters. The molecule has 0 spiro atoms. The SMILES string of the molecule is CCC(C#N)S(=O)(=O)N(C)CCOC(C)C. The van der Waals surface area contributed by atoms with Crippen molar-refractivity contribution in [3.63, 3.8) is 0 Å². The minimum atomic E-state index is -3.51. The maximum Gasteiger partial charge on any atom is 0.230 e. The molecule has 0 fully saturated rings. The van der Waals surface area contributed by atoms with Gasteiger partial charge in [0, 0.05) is 13.6 Å². The quantitative estimate of drug-likeness (QED) is 0.673. The summed E-state index contributed by atoms with van der Waals surface area (Å²) in [7, 11) is -2.04. The molecule has 0 amide bonds. The van der Waals surface area contributed by atoms with Crippen molar-refractivity contribution in [3.8, 4) is 6.07 Å². The van der Waals surface area contributed by atoms with Crippen molar-refractivity contribution in [1.82, 2.24) is 4.31 Å². The number of hydrogen-bond donors (Lipinski definition) is 0. The number of ether oxygens (including phenoxy) is 1. The zero-order valence-electron chi connectivity index (χ0n) is 10.3. The van der Waals surface area contributed by atoms with Gasteiger partial charge in [-0.25, -0.2) is 12.7 Å². The maximum atomic E-state index is 11.8. The molecule has 0 aliphatic heterocycles. The summed E-state index contributed by atoms with van der Waals surface area (Å²) in [5.41, 5.74) is 0. The zero-order chi connectivity index (χ0) is 12.8. The Balaban J connectivity index is 4.37. The van der Waals surface area contributed by atoms with Crippen molar-refractivity contribution in [1.29, 1.82) is 5.26 Å². The van der Waals surface area contributed by atoms with Gasteiger partial charge in [-0.3, -0.25) is 0 Å². The summed E-state index contributed by atoms with van der Waals surface area (Å²) in [5, 5.41) is 7.78. The standard InChI is InChI=1S/C10H20N2O3S/c1-5-10(8-11)16(13,14)12(4)6-7-15-9(2)3/h9-10H,5-7H2,1-4H3. The van der Waals surface area contributed by atoms with Gasteiger partial charge in [-0.1, -0.05) is 6.92 Å². The molecule has 6 heteroatoms. The fourth-order valence-corrected chi connectivity index (χ4v) is 2.45. The molecule has 0 bridgehead atoms. The fraction of sp³-hybridized carbons (Fsp3) is 0.900. The van der Waals surface area contributed by atoms with E-state index in [4.69, 9.17) is 10.00 Å². The number of nitriles is 1. The number of hydrogen-bond acceptors (Lipinski definition) is 4. The van der Waals surface area contributed by atoms with Crippen LogP contribution in [0.25, 0.3) is 0 Å². The molecule has 0 saturated heterocycles. The van der Waals surface area contributed by atoms with Gasteiger partial charge in [0.2, 0.25) is 10.0 Å². The van der Waals surface area contributed by atoms with Crippen molar-refractivity contribution in [2.24, 2.45) is 0 Å². The summed E-state index contributed by atoms with van der Waals surface area (Å²) in [6.45, 7) is 6.08. The van der Waals surface area contributed by atoms with E-state index >= 15 is 0 Å². The second-order valence-corrected chi connectivity index (χ2v) is 6.03. The van der Waals surface area contributed by atoms with Gasteiger partial charge < -0.3 is 4.74 Å². The lowest BCUT2D eigenvalue weighted by Crippen LogP contribution is -2.37. The van der Waals surface area contributed by atoms with Crippen LogP contribution in [0, 0.1) is 11.3 Å². The Bertz CT molecular complexity index is 332. The number of nitrogens with zero attached hydrogens (tertiary/aromatic N) is 2. The third-order valence-corrected chi connectivity index (χ3v) is 4.38. The summed E-state index contributed by atoms with van der Waals surface area (Å²) < 4.78 is 30.1. The maximum absolute atomic E-state index is 11.8. The molecule has 0 radical (unpaired) electrons. The number of rotatable bonds is 7. The highest BCUT2D eigenvalue weighted by molar-refractivity contribution is 7.89. The number of likely N-dealkylation sites (N-methyl/N-ethyl adjacent to an activating group) is 1. The lowest BCUT2D eigenvalue weighted by molar-refractivity contribution is 0.0736. The Kier molecular flexibility index (Phi) is 6.56. The molecule has 0 aromatic rings. The smallest absolute Gasteiger partial charge is 0.230 e. The largest absolute Gasteiger partial charge is 0.377 e. The van der Waals surface area contributed by atoms with Crippen molar-refractivity contribution in [2.75, 3.05) is 20.2 Å². The van der Waals surface area contributed by atoms with Crippen LogP contribution in [0.2, 0.25) is 0 Å². The third kappa shape index (κ3) is 4.47. The summed E-state index contributed by atoms with van der Waals surface area (Å²) in [4.78, 5) is 0. The van der Waals surface area contributed by atoms with Gasteiger partial charge in [-0.05, 0) is 20.3 Å². The minimum absolute atomic E-state index is 0.0778. The van der Waals surface area contributed by atoms with Crippen LogP contribution in [-0.2, 0) is 14.8 Å². The molecular weight excluding hydrogens is 228 g/mol. The molecule has 5 nitrogen and oxygen atoms in total. The van der Waals surface area contributed by atoms with Gasteiger partial charge in [-0.15, -0.1) is 0 Å². The van der Waals surface area contributed by atoms with Crippen LogP contribution < -0.4 is 0 Å². The van der Waals surface area contributed by atoms with E-state index in [1.807, 2.05) is 13.8 Å². The van der Waals surface area contributed by atoms with Crippen molar-refractivity contribution in [3.05, 3.63) is 0 Å². The first-order valence-corrected chi connectivity index (χ1v) is 6.82. The average Bonchev–Trinajstić information content (AvgIpc) is 2.18. The third-order valence-electron chi connectivity index (χ3n) is 2.17. The molecule has 0 aromatic carbocycles. The van der Waals surface area contributed by atoms with Crippen LogP contribution in [0.5, 0.6) is 0 Å². The summed E-state index contributed by atoms with van der Waals surface area (Å²) >= 11 is 0. The predicted molar refractivity (Wildman–Crippen MR) is 62.3 cm³/mol. The van der Waals surface area contributed by atoms with Gasteiger partial charge in [0.05, 0.1) is 18.8 Å². The second kappa shape index (κ2) is 6.84. The Morgan fingerprint density at radius 1 is 1.44 bits per heavy atom. The molecule has 16 heavy (non-hydrogen) atoms. The molecule has 94 valence electrons. The van der Waals surface area contributed by atoms with Crippen LogP contribution in [-0.4, -0.2) is 44.3 Å². The molecule has 0 N–H and O–H groups in total. The summed E-state index contributed by atoms with van der Waals surface area (Å²) in [6.07, 6.45) is 0.378. The van der Waals surface area contributed by atoms with E-state index in [1.165, 1.54) is 11.4 Å². The van der Waals surface area contributed by atoms with E-state index < -0.39 is 15.3 Å². The van der Waals surface area contributed by atoms with Gasteiger partial charge in [0.25, 0.3) is 0 Å². The first kappa shape index (κ1) is 15.4. The van der Waals surface area contributed by atoms with Crippen LogP contribution >= 0.6 is 0 Å². The highest BCUT2D eigenvalue weighted by Crippen LogP contribution is 2.09. The van der Waals surface area contributed by atoms with Crippen LogP contribution in [0.15, 0.2) is 0 Å². The minimum Gasteiger partial charge on any atom is -0.377 e. The average molecular weight is 248 g/mol. The van der Waals surface area contributed by atoms with Crippen molar-refractivity contribution < 1.29 is 13.2 Å². The van der Waals surface area contributed by atoms with Crippen LogP contribution in [0.1, 0.15) is 27.2 Å². The molecule has 0 aliphatic rings. The van der Waals surface area contributed by atoms with Crippen LogP contribution in [0.4, 0.5) is 0 Å². The second-order valence-electron chi connectivity index (χ2n) is 3.81. The lowest BCUT2D eigenvalue weighted by Gasteiger charge is -2.20. The Morgan fingerprint density at radius 3 is 2.38 bits per heavy atom. The van der Waals surface area contributed by atoms with E-state index in [1.54, 1.807) is 13.0 Å². The normalized spacial score (nSPS) is 14.1. The van der Waals surface area contributed by atoms with E-state index in [0.29, 0.717) is 13.0 Å². The van der Waals surface area contributed by atoms with Crippen molar-refractivity contribution in [2.45, 2.75) is 38.5 Å². The topological polar surface area (TPSA) is 70.4 Å². The van der Waals surface area contributed by atoms with Gasteiger partial charge in [0.1, 0.15) is 0 Å².